The smallest absolute Gasteiger partial charge is 0.339 e. The van der Waals surface area contributed by atoms with E-state index in [0.717, 1.165) is 16.5 Å². The molecule has 0 bridgehead atoms. The highest BCUT2D eigenvalue weighted by molar-refractivity contribution is 6.04. The van der Waals surface area contributed by atoms with Crippen LogP contribution in [0.5, 0.6) is 0 Å². The zero-order valence-electron chi connectivity index (χ0n) is 14.9. The van der Waals surface area contributed by atoms with Crippen LogP contribution in [-0.4, -0.2) is 37.0 Å². The minimum Gasteiger partial charge on any atom is -0.465 e. The minimum atomic E-state index is -0.616. The van der Waals surface area contributed by atoms with Crippen molar-refractivity contribution in [3.05, 3.63) is 65.4 Å². The SMILES string of the molecule is COC(=O)c1ccc(C(=O)OC)c(NC(=O)Cc2ccc3cc[nH]c3c2)c1. The molecule has 0 saturated carbocycles. The lowest BCUT2D eigenvalue weighted by Crippen LogP contribution is -2.18. The van der Waals surface area contributed by atoms with E-state index < -0.39 is 11.9 Å². The molecule has 27 heavy (non-hydrogen) atoms. The number of rotatable bonds is 5. The molecule has 0 aliphatic carbocycles. The highest BCUT2D eigenvalue weighted by Crippen LogP contribution is 2.21. The number of hydrogen-bond acceptors (Lipinski definition) is 5. The molecule has 0 fully saturated rings. The first-order valence-electron chi connectivity index (χ1n) is 8.18. The van der Waals surface area contributed by atoms with Gasteiger partial charge >= 0.3 is 11.9 Å². The van der Waals surface area contributed by atoms with Crippen LogP contribution in [0.25, 0.3) is 10.9 Å². The van der Waals surface area contributed by atoms with Crippen molar-refractivity contribution in [2.75, 3.05) is 19.5 Å². The van der Waals surface area contributed by atoms with E-state index in [-0.39, 0.29) is 29.1 Å². The van der Waals surface area contributed by atoms with Crippen LogP contribution in [0, 0.1) is 0 Å². The van der Waals surface area contributed by atoms with Crippen molar-refractivity contribution < 1.29 is 23.9 Å². The van der Waals surface area contributed by atoms with Gasteiger partial charge in [-0.05, 0) is 41.3 Å². The number of carbonyl (C=O) groups excluding carboxylic acids is 3. The number of aromatic amines is 1. The number of H-pyrrole nitrogens is 1. The summed E-state index contributed by atoms with van der Waals surface area (Å²) in [6, 6.07) is 11.9. The second kappa shape index (κ2) is 7.74. The lowest BCUT2D eigenvalue weighted by molar-refractivity contribution is -0.115. The fraction of sp³-hybridized carbons (Fsp3) is 0.150. The predicted molar refractivity (Wildman–Crippen MR) is 99.8 cm³/mol. The molecule has 3 aromatic rings. The summed E-state index contributed by atoms with van der Waals surface area (Å²) in [6.07, 6.45) is 1.94. The standard InChI is InChI=1S/C20H18N2O5/c1-26-19(24)14-5-6-15(20(25)27-2)17(11-14)22-18(23)10-12-3-4-13-7-8-21-16(13)9-12/h3-9,11,21H,10H2,1-2H3,(H,22,23). The van der Waals surface area contributed by atoms with Crippen LogP contribution in [0.1, 0.15) is 26.3 Å². The Labute approximate surface area is 155 Å². The second-order valence-corrected chi connectivity index (χ2v) is 5.87. The molecule has 1 amide bonds. The molecule has 138 valence electrons. The van der Waals surface area contributed by atoms with Gasteiger partial charge in [-0.3, -0.25) is 4.79 Å². The second-order valence-electron chi connectivity index (χ2n) is 5.87. The van der Waals surface area contributed by atoms with Crippen LogP contribution in [0.4, 0.5) is 5.69 Å². The van der Waals surface area contributed by atoms with Crippen molar-refractivity contribution in [1.82, 2.24) is 4.98 Å². The van der Waals surface area contributed by atoms with Gasteiger partial charge in [0, 0.05) is 11.7 Å². The summed E-state index contributed by atoms with van der Waals surface area (Å²) in [5.41, 5.74) is 2.30. The van der Waals surface area contributed by atoms with Gasteiger partial charge in [0.2, 0.25) is 5.91 Å². The topological polar surface area (TPSA) is 97.5 Å². The Hall–Kier alpha value is -3.61. The summed E-state index contributed by atoms with van der Waals surface area (Å²) in [5, 5.41) is 3.73. The van der Waals surface area contributed by atoms with Gasteiger partial charge in [0.1, 0.15) is 0 Å². The first-order chi connectivity index (χ1) is 13.0. The molecule has 2 aromatic carbocycles. The molecule has 7 heteroatoms. The number of anilines is 1. The van der Waals surface area contributed by atoms with Gasteiger partial charge in [-0.25, -0.2) is 9.59 Å². The molecular weight excluding hydrogens is 348 g/mol. The number of ether oxygens (including phenoxy) is 2. The molecule has 0 spiro atoms. The van der Waals surface area contributed by atoms with Crippen molar-refractivity contribution in [3.63, 3.8) is 0 Å². The monoisotopic (exact) mass is 366 g/mol. The zero-order valence-corrected chi connectivity index (χ0v) is 14.9. The summed E-state index contributed by atoms with van der Waals surface area (Å²) in [5.74, 6) is -1.51. The predicted octanol–water partition coefficient (Wildman–Crippen LogP) is 2.92. The summed E-state index contributed by atoms with van der Waals surface area (Å²) in [6.45, 7) is 0. The third-order valence-corrected chi connectivity index (χ3v) is 4.10. The van der Waals surface area contributed by atoms with Gasteiger partial charge in [-0.1, -0.05) is 12.1 Å². The first-order valence-corrected chi connectivity index (χ1v) is 8.18. The van der Waals surface area contributed by atoms with E-state index in [4.69, 9.17) is 4.74 Å². The summed E-state index contributed by atoms with van der Waals surface area (Å²) < 4.78 is 9.41. The highest BCUT2D eigenvalue weighted by Gasteiger charge is 2.17. The molecule has 0 aliphatic heterocycles. The Bertz CT molecular complexity index is 1020. The first kappa shape index (κ1) is 18.2. The lowest BCUT2D eigenvalue weighted by Gasteiger charge is -2.11. The van der Waals surface area contributed by atoms with Crippen LogP contribution in [0.2, 0.25) is 0 Å². The maximum atomic E-state index is 12.5. The molecule has 0 radical (unpaired) electrons. The zero-order chi connectivity index (χ0) is 19.4. The van der Waals surface area contributed by atoms with Crippen molar-refractivity contribution >= 4 is 34.4 Å². The summed E-state index contributed by atoms with van der Waals surface area (Å²) in [7, 11) is 2.50. The van der Waals surface area contributed by atoms with Crippen LogP contribution in [0.15, 0.2) is 48.7 Å². The van der Waals surface area contributed by atoms with E-state index in [2.05, 4.69) is 15.0 Å². The van der Waals surface area contributed by atoms with Crippen molar-refractivity contribution in [2.45, 2.75) is 6.42 Å². The average molecular weight is 366 g/mol. The molecule has 1 aromatic heterocycles. The van der Waals surface area contributed by atoms with Crippen LogP contribution in [-0.2, 0) is 20.7 Å². The van der Waals surface area contributed by atoms with Gasteiger partial charge in [-0.2, -0.15) is 0 Å². The van der Waals surface area contributed by atoms with Crippen LogP contribution >= 0.6 is 0 Å². The van der Waals surface area contributed by atoms with E-state index in [1.807, 2.05) is 30.5 Å². The van der Waals surface area contributed by atoms with Crippen molar-refractivity contribution in [2.24, 2.45) is 0 Å². The fourth-order valence-electron chi connectivity index (χ4n) is 2.77. The quantitative estimate of drug-likeness (QED) is 0.677. The summed E-state index contributed by atoms with van der Waals surface area (Å²) in [4.78, 5) is 39.3. The van der Waals surface area contributed by atoms with Crippen molar-refractivity contribution in [1.29, 1.82) is 0 Å². The lowest BCUT2D eigenvalue weighted by atomic mass is 10.1. The van der Waals surface area contributed by atoms with Crippen molar-refractivity contribution in [3.8, 4) is 0 Å². The number of fused-ring (bicyclic) bond motifs is 1. The van der Waals surface area contributed by atoms with Gasteiger partial charge < -0.3 is 19.8 Å². The number of nitrogens with one attached hydrogen (secondary N) is 2. The van der Waals surface area contributed by atoms with Crippen LogP contribution < -0.4 is 5.32 Å². The average Bonchev–Trinajstić information content (AvgIpc) is 3.14. The Balaban J connectivity index is 1.84. The Morgan fingerprint density at radius 3 is 2.48 bits per heavy atom. The number of benzene rings is 2. The molecule has 2 N–H and O–H groups in total. The molecule has 0 atom stereocenters. The molecule has 3 rings (SSSR count). The molecule has 0 aliphatic rings. The van der Waals surface area contributed by atoms with E-state index in [9.17, 15) is 14.4 Å². The number of carbonyl (C=O) groups is 3. The largest absolute Gasteiger partial charge is 0.465 e. The number of hydrogen-bond donors (Lipinski definition) is 2. The van der Waals surface area contributed by atoms with Gasteiger partial charge in [0.15, 0.2) is 0 Å². The van der Waals surface area contributed by atoms with E-state index in [1.54, 1.807) is 0 Å². The van der Waals surface area contributed by atoms with Gasteiger partial charge in [-0.15, -0.1) is 0 Å². The Morgan fingerprint density at radius 1 is 0.963 bits per heavy atom. The third kappa shape index (κ3) is 3.98. The number of amides is 1. The highest BCUT2D eigenvalue weighted by atomic mass is 16.5. The van der Waals surface area contributed by atoms with Gasteiger partial charge in [0.05, 0.1) is 37.5 Å². The fourth-order valence-corrected chi connectivity index (χ4v) is 2.77. The molecular formula is C20H18N2O5. The minimum absolute atomic E-state index is 0.109. The van der Waals surface area contributed by atoms with E-state index in [1.165, 1.54) is 32.4 Å². The normalized spacial score (nSPS) is 10.4. The molecule has 0 unspecified atom stereocenters. The molecule has 0 saturated heterocycles. The number of methoxy groups -OCH3 is 2. The molecule has 7 nitrogen and oxygen atoms in total. The Kier molecular flexibility index (Phi) is 5.21. The van der Waals surface area contributed by atoms with Gasteiger partial charge in [0.25, 0.3) is 0 Å². The maximum absolute atomic E-state index is 12.5. The van der Waals surface area contributed by atoms with Crippen LogP contribution in [0.3, 0.4) is 0 Å². The Morgan fingerprint density at radius 2 is 1.74 bits per heavy atom. The number of esters is 2. The summed E-state index contributed by atoms with van der Waals surface area (Å²) >= 11 is 0. The molecule has 1 heterocycles. The maximum Gasteiger partial charge on any atom is 0.339 e. The van der Waals surface area contributed by atoms with E-state index >= 15 is 0 Å². The van der Waals surface area contributed by atoms with E-state index in [0.29, 0.717) is 0 Å². The number of aromatic nitrogens is 1. The third-order valence-electron chi connectivity index (χ3n) is 4.10.